The monoisotopic (exact) mass is 237 g/mol. The molecule has 1 unspecified atom stereocenters. The second-order valence-corrected chi connectivity index (χ2v) is 4.59. The van der Waals surface area contributed by atoms with Crippen LogP contribution in [0.25, 0.3) is 0 Å². The van der Waals surface area contributed by atoms with E-state index < -0.39 is 0 Å². The van der Waals surface area contributed by atoms with Crippen LogP contribution in [0.2, 0.25) is 0 Å². The topological polar surface area (TPSA) is 3.24 Å². The van der Waals surface area contributed by atoms with Gasteiger partial charge in [-0.2, -0.15) is 0 Å². The molecule has 1 rings (SSSR count). The smallest absolute Gasteiger partial charge is 0.141 e. The largest absolute Gasteiger partial charge is 0.321 e. The van der Waals surface area contributed by atoms with E-state index >= 15 is 0 Å². The number of hydrogen-bond acceptors (Lipinski definition) is 2. The van der Waals surface area contributed by atoms with Crippen LogP contribution >= 0.6 is 24.0 Å². The first-order valence-electron chi connectivity index (χ1n) is 4.75. The number of benzene rings is 1. The van der Waals surface area contributed by atoms with Gasteiger partial charge < -0.3 is 4.90 Å². The molecule has 1 aromatic carbocycles. The molecule has 0 amide bonds. The quantitative estimate of drug-likeness (QED) is 0.583. The first kappa shape index (κ1) is 12.3. The molecular formula is C12H15NS2. The molecule has 15 heavy (non-hydrogen) atoms. The summed E-state index contributed by atoms with van der Waals surface area (Å²) in [5.74, 6) is 0. The standard InChI is InChI=1S/C12H15NS2/c1-4-10(2)13(12(14)15-3)11-8-6-5-7-9-11/h4-10H,1H2,2-3H3. The minimum Gasteiger partial charge on any atom is -0.321 e. The van der Waals surface area contributed by atoms with Gasteiger partial charge in [0.1, 0.15) is 4.32 Å². The molecule has 0 spiro atoms. The molecule has 0 heterocycles. The third kappa shape index (κ3) is 3.08. The van der Waals surface area contributed by atoms with Crippen molar-refractivity contribution in [2.45, 2.75) is 13.0 Å². The van der Waals surface area contributed by atoms with Crippen LogP contribution in [0.15, 0.2) is 43.0 Å². The lowest BCUT2D eigenvalue weighted by molar-refractivity contribution is 0.903. The van der Waals surface area contributed by atoms with Gasteiger partial charge in [0.2, 0.25) is 0 Å². The Bertz CT molecular complexity index is 335. The second-order valence-electron chi connectivity index (χ2n) is 3.15. The zero-order valence-corrected chi connectivity index (χ0v) is 10.6. The summed E-state index contributed by atoms with van der Waals surface area (Å²) in [6, 6.07) is 10.4. The van der Waals surface area contributed by atoms with Crippen molar-refractivity contribution in [2.75, 3.05) is 11.2 Å². The van der Waals surface area contributed by atoms with E-state index in [0.717, 1.165) is 10.0 Å². The molecule has 1 aromatic rings. The van der Waals surface area contributed by atoms with Crippen LogP contribution < -0.4 is 4.90 Å². The Morgan fingerprint density at radius 3 is 2.53 bits per heavy atom. The van der Waals surface area contributed by atoms with Gasteiger partial charge in [-0.15, -0.1) is 6.58 Å². The van der Waals surface area contributed by atoms with Crippen LogP contribution in [-0.2, 0) is 0 Å². The SMILES string of the molecule is C=CC(C)N(C(=S)SC)c1ccccc1. The Morgan fingerprint density at radius 2 is 2.07 bits per heavy atom. The van der Waals surface area contributed by atoms with Crippen molar-refractivity contribution >= 4 is 34.0 Å². The van der Waals surface area contributed by atoms with Gasteiger partial charge in [-0.3, -0.25) is 0 Å². The first-order chi connectivity index (χ1) is 7.20. The zero-order chi connectivity index (χ0) is 11.3. The Labute approximate surface area is 101 Å². The van der Waals surface area contributed by atoms with Crippen LogP contribution in [0.1, 0.15) is 6.92 Å². The highest BCUT2D eigenvalue weighted by Gasteiger charge is 2.15. The van der Waals surface area contributed by atoms with Crippen molar-refractivity contribution in [3.63, 3.8) is 0 Å². The maximum Gasteiger partial charge on any atom is 0.141 e. The third-order valence-electron chi connectivity index (χ3n) is 2.15. The number of thioether (sulfide) groups is 1. The zero-order valence-electron chi connectivity index (χ0n) is 9.01. The van der Waals surface area contributed by atoms with Crippen LogP contribution in [-0.4, -0.2) is 16.6 Å². The van der Waals surface area contributed by atoms with Crippen LogP contribution in [0.4, 0.5) is 5.69 Å². The van der Waals surface area contributed by atoms with E-state index in [1.807, 2.05) is 30.5 Å². The first-order valence-corrected chi connectivity index (χ1v) is 6.38. The van der Waals surface area contributed by atoms with Crippen LogP contribution in [0, 0.1) is 0 Å². The van der Waals surface area contributed by atoms with Gasteiger partial charge in [0.25, 0.3) is 0 Å². The van der Waals surface area contributed by atoms with E-state index in [-0.39, 0.29) is 6.04 Å². The average molecular weight is 237 g/mol. The fourth-order valence-corrected chi connectivity index (χ4v) is 2.04. The highest BCUT2D eigenvalue weighted by atomic mass is 32.2. The maximum absolute atomic E-state index is 5.34. The molecule has 0 aliphatic carbocycles. The fourth-order valence-electron chi connectivity index (χ4n) is 1.30. The van der Waals surface area contributed by atoms with Crippen LogP contribution in [0.3, 0.4) is 0 Å². The highest BCUT2D eigenvalue weighted by Crippen LogP contribution is 2.21. The fraction of sp³-hybridized carbons (Fsp3) is 0.250. The molecule has 0 N–H and O–H groups in total. The van der Waals surface area contributed by atoms with Gasteiger partial charge in [0.15, 0.2) is 0 Å². The summed E-state index contributed by atoms with van der Waals surface area (Å²) < 4.78 is 0.869. The minimum atomic E-state index is 0.215. The van der Waals surface area contributed by atoms with E-state index in [1.165, 1.54) is 0 Å². The highest BCUT2D eigenvalue weighted by molar-refractivity contribution is 8.22. The summed E-state index contributed by atoms with van der Waals surface area (Å²) in [6.45, 7) is 5.90. The summed E-state index contributed by atoms with van der Waals surface area (Å²) in [6.07, 6.45) is 3.89. The molecule has 1 nitrogen and oxygen atoms in total. The Hall–Kier alpha value is -0.800. The van der Waals surface area contributed by atoms with E-state index in [2.05, 4.69) is 30.5 Å². The van der Waals surface area contributed by atoms with Gasteiger partial charge in [0, 0.05) is 5.69 Å². The molecule has 0 aliphatic rings. The molecule has 3 heteroatoms. The lowest BCUT2D eigenvalue weighted by Crippen LogP contribution is -2.34. The van der Waals surface area contributed by atoms with Gasteiger partial charge >= 0.3 is 0 Å². The summed E-state index contributed by atoms with van der Waals surface area (Å²) in [7, 11) is 0. The minimum absolute atomic E-state index is 0.215. The Morgan fingerprint density at radius 1 is 1.47 bits per heavy atom. The Kier molecular flexibility index (Phi) is 4.85. The number of anilines is 1. The van der Waals surface area contributed by atoms with E-state index in [9.17, 15) is 0 Å². The van der Waals surface area contributed by atoms with Crippen molar-refractivity contribution in [1.29, 1.82) is 0 Å². The molecule has 0 bridgehead atoms. The van der Waals surface area contributed by atoms with E-state index in [0.29, 0.717) is 0 Å². The van der Waals surface area contributed by atoms with Crippen molar-refractivity contribution < 1.29 is 0 Å². The van der Waals surface area contributed by atoms with Gasteiger partial charge in [0.05, 0.1) is 6.04 Å². The lowest BCUT2D eigenvalue weighted by Gasteiger charge is -2.28. The summed E-state index contributed by atoms with van der Waals surface area (Å²) >= 11 is 6.92. The molecule has 0 aromatic heterocycles. The molecule has 0 saturated carbocycles. The predicted molar refractivity (Wildman–Crippen MR) is 74.7 cm³/mol. The molecule has 0 saturated heterocycles. The maximum atomic E-state index is 5.34. The summed E-state index contributed by atoms with van der Waals surface area (Å²) in [5, 5.41) is 0. The van der Waals surface area contributed by atoms with E-state index in [4.69, 9.17) is 12.2 Å². The van der Waals surface area contributed by atoms with Crippen molar-refractivity contribution in [2.24, 2.45) is 0 Å². The van der Waals surface area contributed by atoms with Crippen molar-refractivity contribution in [3.8, 4) is 0 Å². The molecular weight excluding hydrogens is 222 g/mol. The molecule has 80 valence electrons. The van der Waals surface area contributed by atoms with Crippen LogP contribution in [0.5, 0.6) is 0 Å². The molecule has 0 aliphatic heterocycles. The summed E-state index contributed by atoms with van der Waals surface area (Å²) in [4.78, 5) is 2.10. The molecule has 1 atom stereocenters. The van der Waals surface area contributed by atoms with E-state index in [1.54, 1.807) is 11.8 Å². The van der Waals surface area contributed by atoms with Gasteiger partial charge in [-0.25, -0.2) is 0 Å². The number of thiocarbonyl (C=S) groups is 1. The van der Waals surface area contributed by atoms with Crippen molar-refractivity contribution in [1.82, 2.24) is 0 Å². The van der Waals surface area contributed by atoms with Gasteiger partial charge in [-0.1, -0.05) is 48.3 Å². The van der Waals surface area contributed by atoms with Crippen molar-refractivity contribution in [3.05, 3.63) is 43.0 Å². The third-order valence-corrected chi connectivity index (χ3v) is 3.40. The number of nitrogens with zero attached hydrogens (tertiary/aromatic N) is 1. The molecule has 0 radical (unpaired) electrons. The average Bonchev–Trinajstić information content (AvgIpc) is 2.30. The number of hydrogen-bond donors (Lipinski definition) is 0. The predicted octanol–water partition coefficient (Wildman–Crippen LogP) is 3.72. The second kappa shape index (κ2) is 5.93. The Balaban J connectivity index is 3.01. The molecule has 0 fully saturated rings. The number of para-hydroxylation sites is 1. The number of rotatable bonds is 3. The normalized spacial score (nSPS) is 11.9. The van der Waals surface area contributed by atoms with Gasteiger partial charge in [-0.05, 0) is 25.3 Å². The summed E-state index contributed by atoms with van der Waals surface area (Å²) in [5.41, 5.74) is 1.12. The lowest BCUT2D eigenvalue weighted by atomic mass is 10.2.